The molecule has 354 valence electrons. The number of imide groups is 1. The summed E-state index contributed by atoms with van der Waals surface area (Å²) >= 11 is 3.40. The van der Waals surface area contributed by atoms with Crippen molar-refractivity contribution in [1.82, 2.24) is 5.32 Å². The first kappa shape index (κ1) is 47.5. The van der Waals surface area contributed by atoms with Gasteiger partial charge >= 0.3 is 6.03 Å². The van der Waals surface area contributed by atoms with Crippen LogP contribution in [0.2, 0.25) is 0 Å². The van der Waals surface area contributed by atoms with Crippen LogP contribution in [0, 0.1) is 6.92 Å². The van der Waals surface area contributed by atoms with Crippen LogP contribution in [0.5, 0.6) is 11.5 Å². The van der Waals surface area contributed by atoms with Crippen molar-refractivity contribution in [2.24, 2.45) is 25.6 Å². The molecule has 0 fully saturated rings. The number of ketones is 1. The summed E-state index contributed by atoms with van der Waals surface area (Å²) in [5.74, 6) is -0.880. The lowest BCUT2D eigenvalue weighted by Gasteiger charge is -2.09. The molecule has 0 unspecified atom stereocenters. The van der Waals surface area contributed by atoms with E-state index in [-0.39, 0.29) is 35.1 Å². The third-order valence-corrected chi connectivity index (χ3v) is 11.7. The summed E-state index contributed by atoms with van der Waals surface area (Å²) in [4.78, 5) is 49.5. The van der Waals surface area contributed by atoms with Crippen molar-refractivity contribution < 1.29 is 34.3 Å². The number of carbonyl (C=O) groups excluding carboxylic acids is 3. The van der Waals surface area contributed by atoms with Gasteiger partial charge in [-0.2, -0.15) is 10.2 Å². The number of oxime groups is 1. The minimum absolute atomic E-state index is 0.0323. The lowest BCUT2D eigenvalue weighted by atomic mass is 9.99. The van der Waals surface area contributed by atoms with E-state index in [2.05, 4.69) is 57.7 Å². The molecule has 0 spiro atoms. The topological polar surface area (TPSA) is 208 Å². The largest absolute Gasteiger partial charge is 0.506 e. The van der Waals surface area contributed by atoms with Crippen LogP contribution in [-0.4, -0.2) is 34.3 Å². The van der Waals surface area contributed by atoms with Crippen LogP contribution in [0.1, 0.15) is 37.4 Å². The van der Waals surface area contributed by atoms with Gasteiger partial charge in [-0.3, -0.25) is 14.9 Å². The summed E-state index contributed by atoms with van der Waals surface area (Å²) in [5.41, 5.74) is 10.4. The Hall–Kier alpha value is -9.54. The number of nitrogens with zero attached hydrogens (tertiary/aromatic N) is 5. The van der Waals surface area contributed by atoms with Gasteiger partial charge in [0.1, 0.15) is 29.5 Å². The van der Waals surface area contributed by atoms with Gasteiger partial charge in [0.05, 0.1) is 17.1 Å². The molecule has 16 heteroatoms. The lowest BCUT2D eigenvalue weighted by molar-refractivity contribution is 0.0966. The quantitative estimate of drug-likeness (QED) is 0.0219. The Morgan fingerprint density at radius 1 is 0.583 bits per heavy atom. The molecule has 0 radical (unpaired) electrons. The summed E-state index contributed by atoms with van der Waals surface area (Å²) in [6, 6.07) is 52.2. The number of aryl methyl sites for hydroxylation is 1. The van der Waals surface area contributed by atoms with E-state index < -0.39 is 11.9 Å². The Kier molecular flexibility index (Phi) is 14.4. The maximum Gasteiger partial charge on any atom is 0.326 e. The number of aromatic hydroxyl groups is 2. The van der Waals surface area contributed by atoms with Crippen LogP contribution in [0.4, 0.5) is 38.9 Å². The average molecular weight is 1020 g/mol. The first-order valence-electron chi connectivity index (χ1n) is 22.2. The highest BCUT2D eigenvalue weighted by Gasteiger charge is 2.15. The van der Waals surface area contributed by atoms with E-state index in [0.29, 0.717) is 50.0 Å². The average Bonchev–Trinajstić information content (AvgIpc) is 3.39. The molecular formula is C56H41BrN8O7. The highest BCUT2D eigenvalue weighted by molar-refractivity contribution is 9.10. The van der Waals surface area contributed by atoms with Crippen molar-refractivity contribution in [3.05, 3.63) is 214 Å². The molecule has 0 saturated heterocycles. The maximum absolute atomic E-state index is 13.5. The van der Waals surface area contributed by atoms with E-state index in [9.17, 15) is 24.6 Å². The molecular weight excluding hydrogens is 977 g/mol. The van der Waals surface area contributed by atoms with Gasteiger partial charge in [0.25, 0.3) is 5.91 Å². The Bertz CT molecular complexity index is 3590. The van der Waals surface area contributed by atoms with Crippen molar-refractivity contribution in [3.8, 4) is 22.6 Å². The van der Waals surface area contributed by atoms with Crippen molar-refractivity contribution in [2.75, 3.05) is 10.8 Å². The molecule has 0 saturated carbocycles. The van der Waals surface area contributed by atoms with E-state index in [4.69, 9.17) is 9.68 Å². The molecule has 0 aliphatic heterocycles. The van der Waals surface area contributed by atoms with Crippen molar-refractivity contribution in [3.63, 3.8) is 0 Å². The van der Waals surface area contributed by atoms with Gasteiger partial charge in [-0.05, 0) is 137 Å². The van der Waals surface area contributed by atoms with Crippen LogP contribution in [-0.2, 0) is 16.3 Å². The molecule has 72 heavy (non-hydrogen) atoms. The Morgan fingerprint density at radius 2 is 1.15 bits per heavy atom. The van der Waals surface area contributed by atoms with Gasteiger partial charge in [-0.25, -0.2) is 10.3 Å². The highest BCUT2D eigenvalue weighted by atomic mass is 79.9. The molecule has 0 aliphatic carbocycles. The van der Waals surface area contributed by atoms with E-state index in [1.807, 2.05) is 79.7 Å². The second-order valence-electron chi connectivity index (χ2n) is 16.3. The van der Waals surface area contributed by atoms with Crippen molar-refractivity contribution >= 4 is 95.7 Å². The van der Waals surface area contributed by atoms with Crippen LogP contribution in [0.3, 0.4) is 0 Å². The monoisotopic (exact) mass is 1020 g/mol. The second-order valence-corrected chi connectivity index (χ2v) is 17.2. The van der Waals surface area contributed by atoms with Crippen molar-refractivity contribution in [1.29, 1.82) is 0 Å². The number of azo groups is 2. The molecule has 0 atom stereocenters. The van der Waals surface area contributed by atoms with Gasteiger partial charge in [0, 0.05) is 37.6 Å². The number of carbonyl (C=O) groups is 3. The van der Waals surface area contributed by atoms with Gasteiger partial charge in [-0.15, -0.1) is 10.2 Å². The standard InChI is InChI=1S/C56H41BrN8O7/c1-34-4-2-6-46(28-34)59-56(70)60-55(69)42-17-25-49-41(30-42)19-27-51(67)53(49)64-61-44-20-13-37(14-21-44)36-9-11-38(12-10-36)54(68)39-15-22-45(23-16-39)62-63-52-48-24-8-35(29-40(48)18-26-50(52)66)32-71-58-33-72-65-47-7-3-5-43(57)31-47/h2-31,33,65-67H,32H2,1H3,(H2,59,60,69,70)/b58-33+,63-62?,64-61?. The molecule has 0 aromatic heterocycles. The first-order chi connectivity index (χ1) is 35.0. The van der Waals surface area contributed by atoms with E-state index in [0.717, 1.165) is 44.2 Å². The third kappa shape index (κ3) is 11.6. The SMILES string of the molecule is Cc1cccc(NC(=O)NC(=O)c2ccc3c(N=Nc4ccc(-c5ccc(C(=O)c6ccc(N=Nc7c(O)ccc8cc(CO/N=C/ONc9cccc(Br)c9)ccc78)cc6)cc5)cc4)c(O)ccc3c2)c1. The number of amides is 3. The van der Waals surface area contributed by atoms with E-state index in [1.54, 1.807) is 103 Å². The van der Waals surface area contributed by atoms with Gasteiger partial charge in [0.15, 0.2) is 5.78 Å². The van der Waals surface area contributed by atoms with Crippen LogP contribution in [0.25, 0.3) is 32.7 Å². The predicted octanol–water partition coefficient (Wildman–Crippen LogP) is 14.7. The number of hydrogen-bond acceptors (Lipinski definition) is 13. The number of rotatable bonds is 15. The first-order valence-corrected chi connectivity index (χ1v) is 23.0. The van der Waals surface area contributed by atoms with Gasteiger partial charge in [-0.1, -0.05) is 106 Å². The van der Waals surface area contributed by atoms with E-state index in [1.165, 1.54) is 6.07 Å². The zero-order chi connectivity index (χ0) is 50.0. The second kappa shape index (κ2) is 21.8. The Morgan fingerprint density at radius 3 is 1.81 bits per heavy atom. The zero-order valence-corrected chi connectivity index (χ0v) is 39.7. The fraction of sp³-hybridized carbons (Fsp3) is 0.0357. The summed E-state index contributed by atoms with van der Waals surface area (Å²) in [7, 11) is 0. The number of urea groups is 1. The van der Waals surface area contributed by atoms with E-state index >= 15 is 0 Å². The molecule has 9 rings (SSSR count). The molecule has 5 N–H and O–H groups in total. The number of benzene rings is 9. The third-order valence-electron chi connectivity index (χ3n) is 11.2. The molecule has 9 aromatic rings. The minimum atomic E-state index is -0.660. The number of phenolic OH excluding ortho intramolecular Hbond substituents is 2. The van der Waals surface area contributed by atoms with Crippen LogP contribution >= 0.6 is 15.9 Å². The van der Waals surface area contributed by atoms with Gasteiger partial charge < -0.3 is 25.2 Å². The molecule has 15 nitrogen and oxygen atoms in total. The molecule has 0 heterocycles. The zero-order valence-electron chi connectivity index (χ0n) is 38.2. The normalized spacial score (nSPS) is 11.4. The summed E-state index contributed by atoms with van der Waals surface area (Å²) in [5, 5.41) is 50.3. The van der Waals surface area contributed by atoms with Crippen molar-refractivity contribution in [2.45, 2.75) is 13.5 Å². The fourth-order valence-electron chi connectivity index (χ4n) is 7.56. The van der Waals surface area contributed by atoms with Crippen LogP contribution < -0.4 is 16.1 Å². The summed E-state index contributed by atoms with van der Waals surface area (Å²) in [6.07, 6.45) is 1.16. The fourth-order valence-corrected chi connectivity index (χ4v) is 7.96. The minimum Gasteiger partial charge on any atom is -0.506 e. The smallest absolute Gasteiger partial charge is 0.326 e. The number of fused-ring (bicyclic) bond motifs is 2. The summed E-state index contributed by atoms with van der Waals surface area (Å²) < 4.78 is 0.907. The molecule has 0 aliphatic rings. The number of anilines is 2. The Balaban J connectivity index is 0.786. The highest BCUT2D eigenvalue weighted by Crippen LogP contribution is 2.38. The predicted molar refractivity (Wildman–Crippen MR) is 281 cm³/mol. The molecule has 3 amide bonds. The number of phenols is 2. The maximum atomic E-state index is 13.5. The Labute approximate surface area is 420 Å². The van der Waals surface area contributed by atoms with Crippen LogP contribution in [0.15, 0.2) is 212 Å². The number of nitrogens with one attached hydrogen (secondary N) is 3. The molecule has 0 bridgehead atoms. The lowest BCUT2D eigenvalue weighted by Crippen LogP contribution is -2.34. The van der Waals surface area contributed by atoms with Gasteiger partial charge in [0.2, 0.25) is 6.40 Å². The summed E-state index contributed by atoms with van der Waals surface area (Å²) in [6.45, 7) is 2.08. The number of hydrogen-bond donors (Lipinski definition) is 5. The molecule has 9 aromatic carbocycles. The number of halogens is 1.